The van der Waals surface area contributed by atoms with Gasteiger partial charge in [-0.2, -0.15) is 0 Å². The third-order valence-corrected chi connectivity index (χ3v) is 8.79. The summed E-state index contributed by atoms with van der Waals surface area (Å²) in [5.41, 5.74) is 1.97. The Kier molecular flexibility index (Phi) is 11.0. The smallest absolute Gasteiger partial charge is 0.264 e. The SMILES string of the molecule is CC[C@H](C(=O)N[C@@H](C)CC)N(Cc1cccc(C)c1)C(=O)CN(c1cc(Cl)cc(Cl)c1)S(=O)(=O)c1ccccc1. The molecular formula is C30H35Cl2N3O4S. The highest BCUT2D eigenvalue weighted by Crippen LogP contribution is 2.30. The van der Waals surface area contributed by atoms with Gasteiger partial charge in [0.15, 0.2) is 0 Å². The van der Waals surface area contributed by atoms with E-state index >= 15 is 0 Å². The Bertz CT molecular complexity index is 1410. The van der Waals surface area contributed by atoms with Crippen LogP contribution in [0.25, 0.3) is 0 Å². The van der Waals surface area contributed by atoms with Gasteiger partial charge in [0.05, 0.1) is 10.6 Å². The van der Waals surface area contributed by atoms with E-state index < -0.39 is 28.5 Å². The standard InChI is InChI=1S/C30H35Cl2N3O4S/c1-5-22(4)33-30(37)28(6-2)34(19-23-12-10-11-21(3)15-23)29(36)20-35(26-17-24(31)16-25(32)18-26)40(38,39)27-13-8-7-9-14-27/h7-18,22,28H,5-6,19-20H2,1-4H3,(H,33,37)/t22-,28+/m0/s1. The Hall–Kier alpha value is -3.07. The van der Waals surface area contributed by atoms with E-state index in [4.69, 9.17) is 23.2 Å². The molecule has 214 valence electrons. The zero-order chi connectivity index (χ0) is 29.4. The number of sulfonamides is 1. The summed E-state index contributed by atoms with van der Waals surface area (Å²) in [5, 5.41) is 3.41. The van der Waals surface area contributed by atoms with Crippen molar-refractivity contribution in [1.29, 1.82) is 0 Å². The Labute approximate surface area is 247 Å². The Morgan fingerprint density at radius 2 is 1.55 bits per heavy atom. The molecule has 0 aromatic heterocycles. The van der Waals surface area contributed by atoms with Gasteiger partial charge in [-0.1, -0.05) is 85.1 Å². The first-order valence-electron chi connectivity index (χ1n) is 13.2. The lowest BCUT2D eigenvalue weighted by Gasteiger charge is -2.34. The van der Waals surface area contributed by atoms with Crippen LogP contribution in [-0.2, 0) is 26.2 Å². The van der Waals surface area contributed by atoms with Crippen LogP contribution in [0.2, 0.25) is 10.0 Å². The molecule has 40 heavy (non-hydrogen) atoms. The summed E-state index contributed by atoms with van der Waals surface area (Å²) in [7, 11) is -4.20. The summed E-state index contributed by atoms with van der Waals surface area (Å²) in [6.07, 6.45) is 1.07. The average molecular weight is 605 g/mol. The number of hydrogen-bond acceptors (Lipinski definition) is 4. The third kappa shape index (κ3) is 7.99. The van der Waals surface area contributed by atoms with Crippen molar-refractivity contribution in [2.45, 2.75) is 64.1 Å². The van der Waals surface area contributed by atoms with E-state index in [1.165, 1.54) is 35.2 Å². The van der Waals surface area contributed by atoms with Crippen LogP contribution in [0.15, 0.2) is 77.7 Å². The molecule has 0 saturated carbocycles. The van der Waals surface area contributed by atoms with Gasteiger partial charge < -0.3 is 10.2 Å². The molecule has 3 aromatic carbocycles. The minimum absolute atomic E-state index is 0.00527. The normalized spacial score (nSPS) is 12.8. The van der Waals surface area contributed by atoms with Crippen molar-refractivity contribution in [3.63, 3.8) is 0 Å². The lowest BCUT2D eigenvalue weighted by molar-refractivity contribution is -0.140. The molecule has 0 spiro atoms. The van der Waals surface area contributed by atoms with Crippen molar-refractivity contribution in [3.05, 3.63) is 94.0 Å². The summed E-state index contributed by atoms with van der Waals surface area (Å²) >= 11 is 12.5. The van der Waals surface area contributed by atoms with E-state index in [1.807, 2.05) is 52.0 Å². The number of hydrogen-bond donors (Lipinski definition) is 1. The number of anilines is 1. The molecule has 0 saturated heterocycles. The zero-order valence-corrected chi connectivity index (χ0v) is 25.4. The molecule has 0 bridgehead atoms. The molecular weight excluding hydrogens is 569 g/mol. The highest BCUT2D eigenvalue weighted by molar-refractivity contribution is 7.92. The van der Waals surface area contributed by atoms with Crippen molar-refractivity contribution >= 4 is 50.7 Å². The lowest BCUT2D eigenvalue weighted by Crippen LogP contribution is -2.53. The minimum Gasteiger partial charge on any atom is -0.352 e. The van der Waals surface area contributed by atoms with Crippen LogP contribution in [0.1, 0.15) is 44.7 Å². The molecule has 2 atom stereocenters. The van der Waals surface area contributed by atoms with Gasteiger partial charge >= 0.3 is 0 Å². The van der Waals surface area contributed by atoms with Crippen molar-refractivity contribution < 1.29 is 18.0 Å². The summed E-state index contributed by atoms with van der Waals surface area (Å²) in [6.45, 7) is 7.19. The van der Waals surface area contributed by atoms with E-state index in [0.29, 0.717) is 6.42 Å². The molecule has 7 nitrogen and oxygen atoms in total. The number of benzene rings is 3. The number of amides is 2. The summed E-state index contributed by atoms with van der Waals surface area (Å²) < 4.78 is 28.7. The van der Waals surface area contributed by atoms with E-state index in [2.05, 4.69) is 5.32 Å². The molecule has 0 heterocycles. The van der Waals surface area contributed by atoms with Crippen LogP contribution in [-0.4, -0.2) is 43.8 Å². The third-order valence-electron chi connectivity index (χ3n) is 6.57. The van der Waals surface area contributed by atoms with Gasteiger partial charge in [0.1, 0.15) is 12.6 Å². The van der Waals surface area contributed by atoms with Gasteiger partial charge in [-0.15, -0.1) is 0 Å². The van der Waals surface area contributed by atoms with Gasteiger partial charge in [-0.05, 0) is 62.6 Å². The predicted molar refractivity (Wildman–Crippen MR) is 161 cm³/mol. The highest BCUT2D eigenvalue weighted by atomic mass is 35.5. The fourth-order valence-electron chi connectivity index (χ4n) is 4.30. The maximum Gasteiger partial charge on any atom is 0.264 e. The quantitative estimate of drug-likeness (QED) is 0.266. The van der Waals surface area contributed by atoms with Gasteiger partial charge in [-0.25, -0.2) is 8.42 Å². The highest BCUT2D eigenvalue weighted by Gasteiger charge is 2.34. The Balaban J connectivity index is 2.08. The predicted octanol–water partition coefficient (Wildman–Crippen LogP) is 6.22. The monoisotopic (exact) mass is 603 g/mol. The molecule has 0 aliphatic heterocycles. The van der Waals surface area contributed by atoms with E-state index in [9.17, 15) is 18.0 Å². The molecule has 10 heteroatoms. The number of carbonyl (C=O) groups is 2. The number of halogens is 2. The molecule has 1 N–H and O–H groups in total. The van der Waals surface area contributed by atoms with Crippen LogP contribution in [0.4, 0.5) is 5.69 Å². The maximum atomic E-state index is 14.1. The number of nitrogens with zero attached hydrogens (tertiary/aromatic N) is 2. The number of aryl methyl sites for hydroxylation is 1. The van der Waals surface area contributed by atoms with Crippen LogP contribution in [0, 0.1) is 6.92 Å². The summed E-state index contributed by atoms with van der Waals surface area (Å²) in [5.74, 6) is -0.829. The summed E-state index contributed by atoms with van der Waals surface area (Å²) in [4.78, 5) is 28.9. The molecule has 0 aliphatic rings. The fourth-order valence-corrected chi connectivity index (χ4v) is 6.23. The van der Waals surface area contributed by atoms with Crippen molar-refractivity contribution in [2.24, 2.45) is 0 Å². The largest absolute Gasteiger partial charge is 0.352 e. The Morgan fingerprint density at radius 3 is 2.12 bits per heavy atom. The molecule has 0 unspecified atom stereocenters. The van der Waals surface area contributed by atoms with Gasteiger partial charge in [0.2, 0.25) is 11.8 Å². The summed E-state index contributed by atoms with van der Waals surface area (Å²) in [6, 6.07) is 18.9. The second kappa shape index (κ2) is 14.0. The van der Waals surface area contributed by atoms with Crippen LogP contribution in [0.3, 0.4) is 0 Å². The first kappa shape index (κ1) is 31.5. The Morgan fingerprint density at radius 1 is 0.900 bits per heavy atom. The first-order valence-corrected chi connectivity index (χ1v) is 15.3. The second-order valence-electron chi connectivity index (χ2n) is 9.71. The van der Waals surface area contributed by atoms with E-state index in [1.54, 1.807) is 18.2 Å². The molecule has 0 fully saturated rings. The number of rotatable bonds is 12. The molecule has 3 aromatic rings. The van der Waals surface area contributed by atoms with Crippen molar-refractivity contribution in [2.75, 3.05) is 10.8 Å². The minimum atomic E-state index is -4.20. The van der Waals surface area contributed by atoms with E-state index in [0.717, 1.165) is 21.9 Å². The van der Waals surface area contributed by atoms with Crippen molar-refractivity contribution in [1.82, 2.24) is 10.2 Å². The molecule has 0 radical (unpaired) electrons. The molecule has 3 rings (SSSR count). The average Bonchev–Trinajstić information content (AvgIpc) is 2.91. The lowest BCUT2D eigenvalue weighted by atomic mass is 10.1. The van der Waals surface area contributed by atoms with Crippen LogP contribution >= 0.6 is 23.2 Å². The second-order valence-corrected chi connectivity index (χ2v) is 12.4. The maximum absolute atomic E-state index is 14.1. The first-order chi connectivity index (χ1) is 19.0. The van der Waals surface area contributed by atoms with Gasteiger partial charge in [0.25, 0.3) is 10.0 Å². The molecule has 2 amide bonds. The molecule has 0 aliphatic carbocycles. The van der Waals surface area contributed by atoms with Crippen LogP contribution in [0.5, 0.6) is 0 Å². The van der Waals surface area contributed by atoms with E-state index in [-0.39, 0.29) is 39.1 Å². The van der Waals surface area contributed by atoms with Gasteiger partial charge in [0, 0.05) is 22.6 Å². The topological polar surface area (TPSA) is 86.8 Å². The number of carbonyl (C=O) groups excluding carboxylic acids is 2. The number of nitrogens with one attached hydrogen (secondary N) is 1. The van der Waals surface area contributed by atoms with Gasteiger partial charge in [-0.3, -0.25) is 13.9 Å². The zero-order valence-electron chi connectivity index (χ0n) is 23.1. The fraction of sp³-hybridized carbons (Fsp3) is 0.333. The van der Waals surface area contributed by atoms with Crippen molar-refractivity contribution in [3.8, 4) is 0 Å². The van der Waals surface area contributed by atoms with Crippen LogP contribution < -0.4 is 9.62 Å².